The highest BCUT2D eigenvalue weighted by molar-refractivity contribution is 8.15. The molecule has 3 amide bonds. The summed E-state index contributed by atoms with van der Waals surface area (Å²) in [6, 6.07) is 7.23. The number of rotatable bonds is 6. The van der Waals surface area contributed by atoms with Gasteiger partial charge < -0.3 is 10.2 Å². The number of carbonyl (C=O) groups excluding carboxylic acids is 3. The summed E-state index contributed by atoms with van der Waals surface area (Å²) in [4.78, 5) is 44.3. The Balaban J connectivity index is 1.58. The highest BCUT2D eigenvalue weighted by Crippen LogP contribution is 2.30. The molecule has 0 radical (unpaired) electrons. The molecule has 1 atom stereocenters. The Hall–Kier alpha value is -2.35. The molecule has 3 rings (SSSR count). The molecule has 0 saturated carbocycles. The molecule has 1 aromatic carbocycles. The second-order valence-electron chi connectivity index (χ2n) is 6.39. The van der Waals surface area contributed by atoms with Gasteiger partial charge in [-0.15, -0.1) is 0 Å². The molecule has 2 heterocycles. The maximum atomic E-state index is 12.4. The van der Waals surface area contributed by atoms with Crippen LogP contribution in [0.15, 0.2) is 29.3 Å². The number of nitrogens with one attached hydrogen (secondary N) is 1. The van der Waals surface area contributed by atoms with E-state index in [1.165, 1.54) is 11.8 Å². The fourth-order valence-corrected chi connectivity index (χ4v) is 4.48. The van der Waals surface area contributed by atoms with Crippen LogP contribution in [-0.4, -0.2) is 52.7 Å². The third kappa shape index (κ3) is 4.32. The predicted molar refractivity (Wildman–Crippen MR) is 108 cm³/mol. The quantitative estimate of drug-likeness (QED) is 0.812. The number of amidine groups is 1. The van der Waals surface area contributed by atoms with Crippen LogP contribution in [0.3, 0.4) is 0 Å². The average Bonchev–Trinajstić information content (AvgIpc) is 3.19. The molecule has 1 unspecified atom stereocenters. The minimum atomic E-state index is -0.434. The summed E-state index contributed by atoms with van der Waals surface area (Å²) in [6.07, 6.45) is 1.57. The summed E-state index contributed by atoms with van der Waals surface area (Å²) in [7, 11) is 0. The Bertz CT molecular complexity index is 763. The van der Waals surface area contributed by atoms with E-state index in [1.54, 1.807) is 21.9 Å². The van der Waals surface area contributed by atoms with Crippen molar-refractivity contribution in [2.24, 2.45) is 4.99 Å². The third-order valence-corrected chi connectivity index (χ3v) is 5.75. The van der Waals surface area contributed by atoms with E-state index in [-0.39, 0.29) is 24.1 Å². The van der Waals surface area contributed by atoms with Gasteiger partial charge >= 0.3 is 0 Å². The fourth-order valence-electron chi connectivity index (χ4n) is 3.21. The van der Waals surface area contributed by atoms with E-state index in [1.807, 2.05) is 26.0 Å². The molecule has 0 aromatic heterocycles. The first-order valence-corrected chi connectivity index (χ1v) is 10.1. The van der Waals surface area contributed by atoms with Crippen LogP contribution >= 0.6 is 11.8 Å². The monoisotopic (exact) mass is 388 g/mol. The van der Waals surface area contributed by atoms with Crippen molar-refractivity contribution < 1.29 is 14.4 Å². The first kappa shape index (κ1) is 19.4. The Kier molecular flexibility index (Phi) is 6.15. The number of aliphatic imine (C=N–C) groups is 1. The van der Waals surface area contributed by atoms with Crippen LogP contribution in [0.1, 0.15) is 33.1 Å². The number of carbonyl (C=O) groups is 3. The average molecular weight is 388 g/mol. The van der Waals surface area contributed by atoms with Gasteiger partial charge in [0.25, 0.3) is 0 Å². The van der Waals surface area contributed by atoms with Crippen LogP contribution in [0.25, 0.3) is 0 Å². The smallest absolute Gasteiger partial charge is 0.242 e. The highest BCUT2D eigenvalue weighted by atomic mass is 32.2. The highest BCUT2D eigenvalue weighted by Gasteiger charge is 2.38. The minimum Gasteiger partial charge on any atom is -0.326 e. The lowest BCUT2D eigenvalue weighted by molar-refractivity contribution is -0.128. The summed E-state index contributed by atoms with van der Waals surface area (Å²) >= 11 is 1.36. The zero-order valence-electron chi connectivity index (χ0n) is 15.6. The number of anilines is 2. The topological polar surface area (TPSA) is 82.1 Å². The van der Waals surface area contributed by atoms with Crippen molar-refractivity contribution in [3.8, 4) is 0 Å². The van der Waals surface area contributed by atoms with Crippen molar-refractivity contribution in [3.05, 3.63) is 24.3 Å². The van der Waals surface area contributed by atoms with Crippen molar-refractivity contribution in [1.29, 1.82) is 0 Å². The minimum absolute atomic E-state index is 0.0623. The van der Waals surface area contributed by atoms with E-state index < -0.39 is 5.25 Å². The fraction of sp³-hybridized carbons (Fsp3) is 0.474. The lowest BCUT2D eigenvalue weighted by atomic mass is 10.2. The Labute approximate surface area is 163 Å². The zero-order chi connectivity index (χ0) is 19.4. The van der Waals surface area contributed by atoms with Gasteiger partial charge in [-0.2, -0.15) is 0 Å². The first-order chi connectivity index (χ1) is 13.0. The van der Waals surface area contributed by atoms with E-state index in [9.17, 15) is 14.4 Å². The molecule has 1 N–H and O–H groups in total. The summed E-state index contributed by atoms with van der Waals surface area (Å²) in [5.41, 5.74) is 1.50. The predicted octanol–water partition coefficient (Wildman–Crippen LogP) is 2.48. The van der Waals surface area contributed by atoms with Crippen molar-refractivity contribution >= 4 is 46.0 Å². The van der Waals surface area contributed by atoms with E-state index in [2.05, 4.69) is 10.3 Å². The molecule has 27 heavy (non-hydrogen) atoms. The molecular weight excluding hydrogens is 364 g/mol. The third-order valence-electron chi connectivity index (χ3n) is 4.54. The molecule has 2 aliphatic rings. The summed E-state index contributed by atoms with van der Waals surface area (Å²) < 4.78 is 0. The van der Waals surface area contributed by atoms with Crippen LogP contribution in [0.4, 0.5) is 11.4 Å². The molecule has 2 fully saturated rings. The maximum absolute atomic E-state index is 12.4. The van der Waals surface area contributed by atoms with E-state index in [0.717, 1.165) is 18.7 Å². The molecule has 2 aliphatic heterocycles. The van der Waals surface area contributed by atoms with E-state index >= 15 is 0 Å². The Morgan fingerprint density at radius 3 is 2.59 bits per heavy atom. The summed E-state index contributed by atoms with van der Waals surface area (Å²) in [5.74, 6) is -0.138. The zero-order valence-corrected chi connectivity index (χ0v) is 16.4. The number of thioether (sulfide) groups is 1. The molecule has 0 bridgehead atoms. The summed E-state index contributed by atoms with van der Waals surface area (Å²) in [5, 5.41) is 3.09. The van der Waals surface area contributed by atoms with Gasteiger partial charge in [0.05, 0.1) is 0 Å². The molecule has 7 nitrogen and oxygen atoms in total. The van der Waals surface area contributed by atoms with Gasteiger partial charge in [-0.3, -0.25) is 24.3 Å². The van der Waals surface area contributed by atoms with Crippen molar-refractivity contribution in [2.45, 2.75) is 38.4 Å². The lowest BCUT2D eigenvalue weighted by Crippen LogP contribution is -2.33. The standard InChI is InChI=1S/C19H24N4O3S/c1-3-20-19-22(4-2)18(26)15(27-19)12-16(24)21-13-7-9-14(10-8-13)23-11-5-6-17(23)25/h7-10,15H,3-6,11-12H2,1-2H3,(H,21,24). The van der Waals surface area contributed by atoms with Crippen LogP contribution in [0.5, 0.6) is 0 Å². The number of hydrogen-bond acceptors (Lipinski definition) is 5. The van der Waals surface area contributed by atoms with Gasteiger partial charge in [0.2, 0.25) is 17.7 Å². The normalized spacial score (nSPS) is 21.4. The van der Waals surface area contributed by atoms with Crippen LogP contribution < -0.4 is 10.2 Å². The Morgan fingerprint density at radius 1 is 1.26 bits per heavy atom. The number of benzene rings is 1. The van der Waals surface area contributed by atoms with Gasteiger partial charge in [0.15, 0.2) is 5.17 Å². The van der Waals surface area contributed by atoms with Crippen molar-refractivity contribution in [2.75, 3.05) is 29.9 Å². The van der Waals surface area contributed by atoms with E-state index in [4.69, 9.17) is 0 Å². The molecule has 144 valence electrons. The molecule has 0 aliphatic carbocycles. The maximum Gasteiger partial charge on any atom is 0.242 e. The van der Waals surface area contributed by atoms with Gasteiger partial charge in [0, 0.05) is 43.9 Å². The second kappa shape index (κ2) is 8.56. The molecule has 1 aromatic rings. The second-order valence-corrected chi connectivity index (χ2v) is 7.56. The van der Waals surface area contributed by atoms with Gasteiger partial charge in [-0.25, -0.2) is 0 Å². The van der Waals surface area contributed by atoms with Crippen LogP contribution in [0, 0.1) is 0 Å². The first-order valence-electron chi connectivity index (χ1n) is 9.26. The molecule has 2 saturated heterocycles. The molecular formula is C19H24N4O3S. The number of amides is 3. The SMILES string of the molecule is CCN=C1SC(CC(=O)Nc2ccc(N3CCCC3=O)cc2)C(=O)N1CC. The lowest BCUT2D eigenvalue weighted by Gasteiger charge is -2.16. The summed E-state index contributed by atoms with van der Waals surface area (Å²) in [6.45, 7) is 5.72. The van der Waals surface area contributed by atoms with Gasteiger partial charge in [-0.05, 0) is 44.5 Å². The van der Waals surface area contributed by atoms with Crippen LogP contribution in [0.2, 0.25) is 0 Å². The number of nitrogens with zero attached hydrogens (tertiary/aromatic N) is 3. The van der Waals surface area contributed by atoms with Gasteiger partial charge in [0.1, 0.15) is 5.25 Å². The number of hydrogen-bond donors (Lipinski definition) is 1. The van der Waals surface area contributed by atoms with Crippen LogP contribution in [-0.2, 0) is 14.4 Å². The largest absolute Gasteiger partial charge is 0.326 e. The van der Waals surface area contributed by atoms with Gasteiger partial charge in [-0.1, -0.05) is 11.8 Å². The molecule has 0 spiro atoms. The molecule has 8 heteroatoms. The Morgan fingerprint density at radius 2 is 2.00 bits per heavy atom. The van der Waals surface area contributed by atoms with Crippen molar-refractivity contribution in [3.63, 3.8) is 0 Å². The van der Waals surface area contributed by atoms with E-state index in [0.29, 0.717) is 30.4 Å². The van der Waals surface area contributed by atoms with Crippen molar-refractivity contribution in [1.82, 2.24) is 4.90 Å².